The first kappa shape index (κ1) is 16.8. The zero-order valence-corrected chi connectivity index (χ0v) is 14.9. The van der Waals surface area contributed by atoms with Crippen molar-refractivity contribution in [2.75, 3.05) is 18.0 Å². The standard InChI is InChI=1S/C17H19N5O3S/c23-16-9-8-15(19-20-16)22-10-4-3-5-12(22)11-18-17-13-6-1-2-7-14(13)26(24,25)21-17/h1-2,6-9,12H,3-5,10-11H2,(H,18,21)(H,20,23). The second kappa shape index (κ2) is 6.56. The summed E-state index contributed by atoms with van der Waals surface area (Å²) >= 11 is 0. The number of aromatic nitrogens is 2. The Bertz CT molecular complexity index is 995. The molecule has 0 amide bonds. The number of fused-ring (bicyclic) bond motifs is 1. The number of piperidine rings is 1. The van der Waals surface area contributed by atoms with Crippen molar-refractivity contribution in [3.63, 3.8) is 0 Å². The fourth-order valence-corrected chi connectivity index (χ4v) is 4.69. The molecule has 9 heteroatoms. The van der Waals surface area contributed by atoms with Crippen LogP contribution in [0.5, 0.6) is 0 Å². The summed E-state index contributed by atoms with van der Waals surface area (Å²) < 4.78 is 26.9. The van der Waals surface area contributed by atoms with Crippen LogP contribution in [-0.2, 0) is 10.0 Å². The van der Waals surface area contributed by atoms with Gasteiger partial charge in [0.05, 0.1) is 17.5 Å². The van der Waals surface area contributed by atoms with Gasteiger partial charge in [0.15, 0.2) is 0 Å². The normalized spacial score (nSPS) is 22.8. The Hall–Kier alpha value is -2.68. The van der Waals surface area contributed by atoms with Gasteiger partial charge in [0.25, 0.3) is 15.6 Å². The van der Waals surface area contributed by atoms with E-state index in [1.165, 1.54) is 6.07 Å². The van der Waals surface area contributed by atoms with Gasteiger partial charge in [-0.1, -0.05) is 12.1 Å². The van der Waals surface area contributed by atoms with E-state index in [-0.39, 0.29) is 16.5 Å². The SMILES string of the molecule is O=c1ccc(N2CCCCC2CN=C2NS(=O)(=O)c3ccccc32)n[nH]1. The molecule has 2 N–H and O–H groups in total. The zero-order valence-electron chi connectivity index (χ0n) is 14.1. The molecule has 0 bridgehead atoms. The average Bonchev–Trinajstić information content (AvgIpc) is 2.92. The molecule has 0 spiro atoms. The first-order chi connectivity index (χ1) is 12.5. The maximum atomic E-state index is 12.2. The number of amidine groups is 1. The lowest BCUT2D eigenvalue weighted by Gasteiger charge is -2.35. The van der Waals surface area contributed by atoms with Crippen LogP contribution in [0.25, 0.3) is 0 Å². The van der Waals surface area contributed by atoms with Gasteiger partial charge < -0.3 is 4.90 Å². The van der Waals surface area contributed by atoms with Crippen molar-refractivity contribution < 1.29 is 8.42 Å². The lowest BCUT2D eigenvalue weighted by Crippen LogP contribution is -2.42. The number of sulfonamides is 1. The van der Waals surface area contributed by atoms with Gasteiger partial charge in [-0.15, -0.1) is 0 Å². The van der Waals surface area contributed by atoms with E-state index in [4.69, 9.17) is 0 Å². The molecule has 2 aliphatic rings. The van der Waals surface area contributed by atoms with Crippen LogP contribution in [0.3, 0.4) is 0 Å². The van der Waals surface area contributed by atoms with Gasteiger partial charge in [0.1, 0.15) is 11.7 Å². The third kappa shape index (κ3) is 3.10. The predicted molar refractivity (Wildman–Crippen MR) is 98.0 cm³/mol. The van der Waals surface area contributed by atoms with Crippen molar-refractivity contribution in [3.8, 4) is 0 Å². The summed E-state index contributed by atoms with van der Waals surface area (Å²) in [6, 6.07) is 10.1. The quantitative estimate of drug-likeness (QED) is 0.830. The molecule has 1 aromatic heterocycles. The number of benzene rings is 1. The van der Waals surface area contributed by atoms with Crippen LogP contribution in [0.4, 0.5) is 5.82 Å². The van der Waals surface area contributed by atoms with E-state index in [0.29, 0.717) is 23.8 Å². The predicted octanol–water partition coefficient (Wildman–Crippen LogP) is 0.867. The molecule has 26 heavy (non-hydrogen) atoms. The summed E-state index contributed by atoms with van der Waals surface area (Å²) in [4.78, 5) is 18.2. The highest BCUT2D eigenvalue weighted by molar-refractivity contribution is 7.90. The minimum Gasteiger partial charge on any atom is -0.350 e. The second-order valence-electron chi connectivity index (χ2n) is 6.41. The molecule has 1 atom stereocenters. The van der Waals surface area contributed by atoms with Crippen molar-refractivity contribution >= 4 is 21.7 Å². The molecule has 2 aliphatic heterocycles. The van der Waals surface area contributed by atoms with E-state index in [9.17, 15) is 13.2 Å². The van der Waals surface area contributed by atoms with Crippen molar-refractivity contribution in [2.45, 2.75) is 30.2 Å². The fraction of sp³-hybridized carbons (Fsp3) is 0.353. The maximum absolute atomic E-state index is 12.2. The van der Waals surface area contributed by atoms with E-state index >= 15 is 0 Å². The van der Waals surface area contributed by atoms with Crippen molar-refractivity contribution in [2.24, 2.45) is 4.99 Å². The smallest absolute Gasteiger partial charge is 0.264 e. The van der Waals surface area contributed by atoms with Crippen molar-refractivity contribution in [1.29, 1.82) is 0 Å². The summed E-state index contributed by atoms with van der Waals surface area (Å²) in [7, 11) is -3.52. The zero-order chi connectivity index (χ0) is 18.1. The highest BCUT2D eigenvalue weighted by Gasteiger charge is 2.31. The van der Waals surface area contributed by atoms with E-state index < -0.39 is 10.0 Å². The van der Waals surface area contributed by atoms with Crippen molar-refractivity contribution in [3.05, 3.63) is 52.3 Å². The van der Waals surface area contributed by atoms with Crippen LogP contribution in [0.2, 0.25) is 0 Å². The Morgan fingerprint density at radius 3 is 2.85 bits per heavy atom. The van der Waals surface area contributed by atoms with Gasteiger partial charge in [-0.05, 0) is 37.5 Å². The van der Waals surface area contributed by atoms with Crippen LogP contribution in [0.15, 0.2) is 51.1 Å². The molecule has 4 rings (SSSR count). The molecule has 2 aromatic rings. The maximum Gasteiger partial charge on any atom is 0.264 e. The van der Waals surface area contributed by atoms with Gasteiger partial charge in [-0.2, -0.15) is 5.10 Å². The summed E-state index contributed by atoms with van der Waals surface area (Å²) in [6.45, 7) is 1.28. The number of H-pyrrole nitrogens is 1. The van der Waals surface area contributed by atoms with Crippen LogP contribution < -0.4 is 15.2 Å². The van der Waals surface area contributed by atoms with Gasteiger partial charge in [0.2, 0.25) is 0 Å². The lowest BCUT2D eigenvalue weighted by atomic mass is 10.0. The number of rotatable bonds is 3. The molecular weight excluding hydrogens is 354 g/mol. The van der Waals surface area contributed by atoms with Gasteiger partial charge in [0, 0.05) is 18.2 Å². The molecule has 3 heterocycles. The van der Waals surface area contributed by atoms with Crippen LogP contribution in [-0.4, -0.2) is 43.6 Å². The number of hydrogen-bond donors (Lipinski definition) is 2. The number of aliphatic imine (C=N–C) groups is 1. The minimum atomic E-state index is -3.52. The van der Waals surface area contributed by atoms with E-state index in [0.717, 1.165) is 25.8 Å². The first-order valence-electron chi connectivity index (χ1n) is 8.54. The number of hydrogen-bond acceptors (Lipinski definition) is 6. The highest BCUT2D eigenvalue weighted by atomic mass is 32.2. The van der Waals surface area contributed by atoms with Crippen LogP contribution in [0.1, 0.15) is 24.8 Å². The molecule has 0 radical (unpaired) electrons. The summed E-state index contributed by atoms with van der Waals surface area (Å²) in [5, 5.41) is 6.58. The summed E-state index contributed by atoms with van der Waals surface area (Å²) in [5.41, 5.74) is 0.372. The molecule has 1 aromatic carbocycles. The molecule has 1 saturated heterocycles. The largest absolute Gasteiger partial charge is 0.350 e. The van der Waals surface area contributed by atoms with Gasteiger partial charge in [-0.25, -0.2) is 13.5 Å². The highest BCUT2D eigenvalue weighted by Crippen LogP contribution is 2.25. The number of anilines is 1. The third-order valence-electron chi connectivity index (χ3n) is 4.71. The minimum absolute atomic E-state index is 0.104. The number of nitrogens with one attached hydrogen (secondary N) is 2. The molecule has 0 saturated carbocycles. The molecular formula is C17H19N5O3S. The topological polar surface area (TPSA) is 108 Å². The Labute approximate surface area is 151 Å². The number of aromatic amines is 1. The van der Waals surface area contributed by atoms with E-state index in [1.54, 1.807) is 30.3 Å². The molecule has 1 unspecified atom stereocenters. The Kier molecular flexibility index (Phi) is 4.23. The molecule has 0 aliphatic carbocycles. The van der Waals surface area contributed by atoms with Crippen LogP contribution in [0, 0.1) is 0 Å². The summed E-state index contributed by atoms with van der Waals surface area (Å²) in [6.07, 6.45) is 3.06. The average molecular weight is 373 g/mol. The molecule has 8 nitrogen and oxygen atoms in total. The summed E-state index contributed by atoms with van der Waals surface area (Å²) in [5.74, 6) is 1.10. The van der Waals surface area contributed by atoms with Crippen LogP contribution >= 0.6 is 0 Å². The molecule has 136 valence electrons. The van der Waals surface area contributed by atoms with E-state index in [1.807, 2.05) is 0 Å². The lowest BCUT2D eigenvalue weighted by molar-refractivity contribution is 0.461. The Morgan fingerprint density at radius 2 is 2.04 bits per heavy atom. The van der Waals surface area contributed by atoms with E-state index in [2.05, 4.69) is 24.8 Å². The number of nitrogens with zero attached hydrogens (tertiary/aromatic N) is 3. The third-order valence-corrected chi connectivity index (χ3v) is 6.11. The van der Waals surface area contributed by atoms with Crippen molar-refractivity contribution in [1.82, 2.24) is 14.9 Å². The first-order valence-corrected chi connectivity index (χ1v) is 10.0. The Balaban J connectivity index is 1.59. The second-order valence-corrected chi connectivity index (χ2v) is 8.06. The Morgan fingerprint density at radius 1 is 1.19 bits per heavy atom. The molecule has 1 fully saturated rings. The fourth-order valence-electron chi connectivity index (χ4n) is 3.44. The van der Waals surface area contributed by atoms with Gasteiger partial charge in [-0.3, -0.25) is 14.5 Å². The monoisotopic (exact) mass is 373 g/mol. The van der Waals surface area contributed by atoms with Gasteiger partial charge >= 0.3 is 0 Å².